The minimum Gasteiger partial charge on any atom is -0.393 e. The van der Waals surface area contributed by atoms with Gasteiger partial charge in [0, 0.05) is 0 Å². The van der Waals surface area contributed by atoms with Crippen molar-refractivity contribution in [1.82, 2.24) is 0 Å². The standard InChI is InChI=1S/C11H20OSi/c1-13(2,3)11(12)9-10-7-5-4-6-8-10/h5,7,9,11-12H,4,6,8H2,1-3H3. The zero-order valence-corrected chi connectivity index (χ0v) is 9.88. The van der Waals surface area contributed by atoms with Crippen molar-refractivity contribution >= 4 is 8.07 Å². The topological polar surface area (TPSA) is 20.2 Å². The summed E-state index contributed by atoms with van der Waals surface area (Å²) in [5, 5.41) is 9.89. The van der Waals surface area contributed by atoms with E-state index >= 15 is 0 Å². The molecule has 0 saturated carbocycles. The van der Waals surface area contributed by atoms with Crippen molar-refractivity contribution in [2.24, 2.45) is 0 Å². The molecule has 1 aliphatic rings. The van der Waals surface area contributed by atoms with Crippen LogP contribution in [0.5, 0.6) is 0 Å². The molecule has 1 N–H and O–H groups in total. The highest BCUT2D eigenvalue weighted by molar-refractivity contribution is 6.77. The molecule has 2 heteroatoms. The largest absolute Gasteiger partial charge is 0.393 e. The van der Waals surface area contributed by atoms with Crippen molar-refractivity contribution in [3.63, 3.8) is 0 Å². The van der Waals surface area contributed by atoms with Gasteiger partial charge < -0.3 is 5.11 Å². The second-order valence-electron chi connectivity index (χ2n) is 4.85. The average Bonchev–Trinajstić information content (AvgIpc) is 2.04. The van der Waals surface area contributed by atoms with Gasteiger partial charge >= 0.3 is 0 Å². The van der Waals surface area contributed by atoms with Crippen LogP contribution in [-0.2, 0) is 0 Å². The highest BCUT2D eigenvalue weighted by Gasteiger charge is 2.22. The van der Waals surface area contributed by atoms with Gasteiger partial charge in [-0.25, -0.2) is 0 Å². The summed E-state index contributed by atoms with van der Waals surface area (Å²) in [6.07, 6.45) is 9.99. The summed E-state index contributed by atoms with van der Waals surface area (Å²) >= 11 is 0. The SMILES string of the molecule is C[Si](C)(C)C(O)C=C1C=CCCC1. The smallest absolute Gasteiger partial charge is 0.0831 e. The first-order valence-corrected chi connectivity index (χ1v) is 8.63. The summed E-state index contributed by atoms with van der Waals surface area (Å²) in [5.74, 6) is 0. The lowest BCUT2D eigenvalue weighted by Gasteiger charge is -2.22. The maximum atomic E-state index is 9.89. The van der Waals surface area contributed by atoms with Crippen LogP contribution in [0.4, 0.5) is 0 Å². The Morgan fingerprint density at radius 1 is 1.46 bits per heavy atom. The van der Waals surface area contributed by atoms with E-state index in [1.54, 1.807) is 0 Å². The van der Waals surface area contributed by atoms with E-state index in [0.717, 1.165) is 6.42 Å². The second-order valence-corrected chi connectivity index (χ2v) is 10.2. The Balaban J connectivity index is 2.64. The van der Waals surface area contributed by atoms with E-state index in [1.807, 2.05) is 0 Å². The van der Waals surface area contributed by atoms with E-state index in [1.165, 1.54) is 18.4 Å². The molecule has 0 aliphatic heterocycles. The van der Waals surface area contributed by atoms with Crippen LogP contribution >= 0.6 is 0 Å². The van der Waals surface area contributed by atoms with Crippen LogP contribution in [-0.4, -0.2) is 18.9 Å². The number of aliphatic hydroxyl groups excluding tert-OH is 1. The summed E-state index contributed by atoms with van der Waals surface area (Å²) in [5.41, 5.74) is 1.13. The summed E-state index contributed by atoms with van der Waals surface area (Å²) in [6, 6.07) is 0. The molecule has 1 aliphatic carbocycles. The predicted molar refractivity (Wildman–Crippen MR) is 60.4 cm³/mol. The molecule has 1 rings (SSSR count). The van der Waals surface area contributed by atoms with Crippen molar-refractivity contribution in [1.29, 1.82) is 0 Å². The molecule has 0 aromatic heterocycles. The molecule has 0 aromatic rings. The van der Waals surface area contributed by atoms with E-state index in [0.29, 0.717) is 0 Å². The molecule has 0 spiro atoms. The van der Waals surface area contributed by atoms with E-state index in [-0.39, 0.29) is 5.73 Å². The molecule has 0 fully saturated rings. The van der Waals surface area contributed by atoms with Gasteiger partial charge in [0.15, 0.2) is 0 Å². The van der Waals surface area contributed by atoms with Gasteiger partial charge in [-0.05, 0) is 19.3 Å². The maximum Gasteiger partial charge on any atom is 0.0831 e. The molecule has 1 atom stereocenters. The van der Waals surface area contributed by atoms with Crippen LogP contribution in [0.25, 0.3) is 0 Å². The molecule has 13 heavy (non-hydrogen) atoms. The first-order chi connectivity index (χ1) is 6.00. The highest BCUT2D eigenvalue weighted by Crippen LogP contribution is 2.19. The van der Waals surface area contributed by atoms with Crippen molar-refractivity contribution in [3.05, 3.63) is 23.8 Å². The molecule has 0 bridgehead atoms. The minimum absolute atomic E-state index is 0.190. The maximum absolute atomic E-state index is 9.89. The van der Waals surface area contributed by atoms with Gasteiger partial charge in [0.05, 0.1) is 13.8 Å². The average molecular weight is 196 g/mol. The van der Waals surface area contributed by atoms with Gasteiger partial charge in [0.2, 0.25) is 0 Å². The Morgan fingerprint density at radius 3 is 2.62 bits per heavy atom. The van der Waals surface area contributed by atoms with E-state index < -0.39 is 8.07 Å². The van der Waals surface area contributed by atoms with E-state index in [2.05, 4.69) is 37.9 Å². The Kier molecular flexibility index (Phi) is 3.51. The molecule has 1 nitrogen and oxygen atoms in total. The summed E-state index contributed by atoms with van der Waals surface area (Å²) in [6.45, 7) is 6.59. The third kappa shape index (κ3) is 3.49. The fourth-order valence-electron chi connectivity index (χ4n) is 1.33. The van der Waals surface area contributed by atoms with Crippen LogP contribution in [0.1, 0.15) is 19.3 Å². The van der Waals surface area contributed by atoms with Crippen molar-refractivity contribution in [2.75, 3.05) is 0 Å². The van der Waals surface area contributed by atoms with E-state index in [4.69, 9.17) is 0 Å². The molecule has 0 heterocycles. The monoisotopic (exact) mass is 196 g/mol. The van der Waals surface area contributed by atoms with Gasteiger partial charge in [0.1, 0.15) is 0 Å². The van der Waals surface area contributed by atoms with Gasteiger partial charge in [-0.1, -0.05) is 43.4 Å². The normalized spacial score (nSPS) is 23.5. The molecule has 0 aromatic carbocycles. The van der Waals surface area contributed by atoms with Gasteiger partial charge in [-0.3, -0.25) is 0 Å². The van der Waals surface area contributed by atoms with Crippen molar-refractivity contribution in [3.8, 4) is 0 Å². The van der Waals surface area contributed by atoms with Crippen molar-refractivity contribution in [2.45, 2.75) is 44.6 Å². The third-order valence-electron chi connectivity index (χ3n) is 2.43. The van der Waals surface area contributed by atoms with Crippen LogP contribution < -0.4 is 0 Å². The predicted octanol–water partition coefficient (Wildman–Crippen LogP) is 2.89. The molecule has 0 amide bonds. The number of rotatable bonds is 2. The van der Waals surface area contributed by atoms with Crippen molar-refractivity contribution < 1.29 is 5.11 Å². The summed E-state index contributed by atoms with van der Waals surface area (Å²) in [4.78, 5) is 0. The van der Waals surface area contributed by atoms with Gasteiger partial charge in [-0.15, -0.1) is 0 Å². The zero-order chi connectivity index (χ0) is 9.90. The Bertz CT molecular complexity index is 223. The van der Waals surface area contributed by atoms with Crippen LogP contribution in [0.2, 0.25) is 19.6 Å². The second kappa shape index (κ2) is 4.25. The highest BCUT2D eigenvalue weighted by atomic mass is 28.3. The lowest BCUT2D eigenvalue weighted by Crippen LogP contribution is -2.36. The third-order valence-corrected chi connectivity index (χ3v) is 4.37. The number of aliphatic hydroxyl groups is 1. The van der Waals surface area contributed by atoms with Crippen LogP contribution in [0, 0.1) is 0 Å². The van der Waals surface area contributed by atoms with E-state index in [9.17, 15) is 5.11 Å². The Hall–Kier alpha value is -0.343. The summed E-state index contributed by atoms with van der Waals surface area (Å²) < 4.78 is 0. The van der Waals surface area contributed by atoms with Crippen LogP contribution in [0.15, 0.2) is 23.8 Å². The van der Waals surface area contributed by atoms with Gasteiger partial charge in [0.25, 0.3) is 0 Å². The fourth-order valence-corrected chi connectivity index (χ4v) is 2.05. The molecule has 1 unspecified atom stereocenters. The Morgan fingerprint density at radius 2 is 2.15 bits per heavy atom. The fraction of sp³-hybridized carbons (Fsp3) is 0.636. The number of hydrogen-bond acceptors (Lipinski definition) is 1. The van der Waals surface area contributed by atoms with Gasteiger partial charge in [-0.2, -0.15) is 0 Å². The molecule has 0 saturated heterocycles. The Labute approximate surface area is 82.2 Å². The lowest BCUT2D eigenvalue weighted by atomic mass is 10.0. The number of allylic oxidation sites excluding steroid dienone is 3. The minimum atomic E-state index is -1.40. The number of hydrogen-bond donors (Lipinski definition) is 1. The molecule has 0 radical (unpaired) electrons. The quantitative estimate of drug-likeness (QED) is 0.673. The zero-order valence-electron chi connectivity index (χ0n) is 8.88. The summed E-state index contributed by atoms with van der Waals surface area (Å²) in [7, 11) is -1.40. The van der Waals surface area contributed by atoms with Crippen LogP contribution in [0.3, 0.4) is 0 Å². The molecular weight excluding hydrogens is 176 g/mol. The first kappa shape index (κ1) is 10.7. The lowest BCUT2D eigenvalue weighted by molar-refractivity contribution is 0.290. The molecular formula is C11H20OSi. The first-order valence-electron chi connectivity index (χ1n) is 5.05. The molecule has 74 valence electrons.